The SMILES string of the molecule is CCCCOC(=O)C(C)n1cc(Br)cc(C)c1=O. The van der Waals surface area contributed by atoms with Gasteiger partial charge in [0.1, 0.15) is 6.04 Å². The largest absolute Gasteiger partial charge is 0.464 e. The summed E-state index contributed by atoms with van der Waals surface area (Å²) in [5, 5.41) is 0. The van der Waals surface area contributed by atoms with Crippen molar-refractivity contribution in [1.82, 2.24) is 4.57 Å². The minimum absolute atomic E-state index is 0.168. The van der Waals surface area contributed by atoms with Crippen LogP contribution in [0.15, 0.2) is 21.5 Å². The summed E-state index contributed by atoms with van der Waals surface area (Å²) in [6.07, 6.45) is 3.42. The van der Waals surface area contributed by atoms with E-state index in [0.717, 1.165) is 17.3 Å². The van der Waals surface area contributed by atoms with Gasteiger partial charge in [-0.15, -0.1) is 0 Å². The van der Waals surface area contributed by atoms with E-state index in [-0.39, 0.29) is 11.5 Å². The Morgan fingerprint density at radius 3 is 2.83 bits per heavy atom. The van der Waals surface area contributed by atoms with Gasteiger partial charge in [0.25, 0.3) is 5.56 Å². The topological polar surface area (TPSA) is 48.3 Å². The molecule has 1 aromatic heterocycles. The maximum atomic E-state index is 11.9. The van der Waals surface area contributed by atoms with Crippen LogP contribution in [0.4, 0.5) is 0 Å². The van der Waals surface area contributed by atoms with E-state index in [0.29, 0.717) is 12.2 Å². The van der Waals surface area contributed by atoms with Crippen molar-refractivity contribution in [3.8, 4) is 0 Å². The highest BCUT2D eigenvalue weighted by Gasteiger charge is 2.18. The van der Waals surface area contributed by atoms with Gasteiger partial charge in [0.2, 0.25) is 0 Å². The molecule has 0 aliphatic heterocycles. The van der Waals surface area contributed by atoms with E-state index in [1.807, 2.05) is 6.92 Å². The molecule has 0 N–H and O–H groups in total. The number of pyridine rings is 1. The molecular weight excluding hydrogens is 298 g/mol. The quantitative estimate of drug-likeness (QED) is 0.620. The highest BCUT2D eigenvalue weighted by Crippen LogP contribution is 2.13. The van der Waals surface area contributed by atoms with Crippen molar-refractivity contribution in [2.75, 3.05) is 6.61 Å². The molecule has 1 atom stereocenters. The number of halogens is 1. The molecule has 0 amide bonds. The first kappa shape index (κ1) is 15.0. The van der Waals surface area contributed by atoms with Gasteiger partial charge in [-0.25, -0.2) is 4.79 Å². The molecule has 4 nitrogen and oxygen atoms in total. The summed E-state index contributed by atoms with van der Waals surface area (Å²) in [5.74, 6) is -0.372. The molecule has 0 aliphatic rings. The average Bonchev–Trinajstić information content (AvgIpc) is 2.33. The lowest BCUT2D eigenvalue weighted by molar-refractivity contribution is -0.147. The summed E-state index contributed by atoms with van der Waals surface area (Å²) in [4.78, 5) is 23.7. The van der Waals surface area contributed by atoms with Crippen molar-refractivity contribution in [2.45, 2.75) is 39.7 Å². The number of carbonyl (C=O) groups excluding carboxylic acids is 1. The highest BCUT2D eigenvalue weighted by molar-refractivity contribution is 9.10. The van der Waals surface area contributed by atoms with Crippen LogP contribution in [0.1, 0.15) is 38.3 Å². The zero-order valence-corrected chi connectivity index (χ0v) is 12.5. The molecule has 0 saturated heterocycles. The molecule has 0 radical (unpaired) electrons. The second-order valence-corrected chi connectivity index (χ2v) is 5.17. The minimum atomic E-state index is -0.606. The molecule has 100 valence electrons. The standard InChI is InChI=1S/C13H18BrNO3/c1-4-5-6-18-13(17)10(3)15-8-11(14)7-9(2)12(15)16/h7-8,10H,4-6H2,1-3H3. The van der Waals surface area contributed by atoms with Gasteiger partial charge in [-0.3, -0.25) is 4.79 Å². The normalized spacial score (nSPS) is 12.2. The third-order valence-corrected chi connectivity index (χ3v) is 3.12. The summed E-state index contributed by atoms with van der Waals surface area (Å²) >= 11 is 3.32. The Morgan fingerprint density at radius 2 is 2.22 bits per heavy atom. The van der Waals surface area contributed by atoms with E-state index in [1.165, 1.54) is 4.57 Å². The second-order valence-electron chi connectivity index (χ2n) is 4.25. The summed E-state index contributed by atoms with van der Waals surface area (Å²) < 4.78 is 7.29. The molecule has 18 heavy (non-hydrogen) atoms. The van der Waals surface area contributed by atoms with Crippen LogP contribution in [0.5, 0.6) is 0 Å². The summed E-state index contributed by atoms with van der Waals surface area (Å²) in [6, 6.07) is 1.12. The van der Waals surface area contributed by atoms with Crippen molar-refractivity contribution in [3.63, 3.8) is 0 Å². The van der Waals surface area contributed by atoms with E-state index in [4.69, 9.17) is 4.74 Å². The molecule has 1 aromatic rings. The lowest BCUT2D eigenvalue weighted by atomic mass is 10.2. The number of hydrogen-bond donors (Lipinski definition) is 0. The van der Waals surface area contributed by atoms with Crippen LogP contribution in [0.25, 0.3) is 0 Å². The van der Waals surface area contributed by atoms with Gasteiger partial charge in [-0.05, 0) is 42.3 Å². The lowest BCUT2D eigenvalue weighted by Crippen LogP contribution is -2.30. The zero-order valence-electron chi connectivity index (χ0n) is 10.9. The van der Waals surface area contributed by atoms with Gasteiger partial charge in [-0.1, -0.05) is 13.3 Å². The molecule has 0 bridgehead atoms. The molecule has 0 fully saturated rings. The van der Waals surface area contributed by atoms with E-state index < -0.39 is 6.04 Å². The van der Waals surface area contributed by atoms with Crippen LogP contribution in [0, 0.1) is 6.92 Å². The smallest absolute Gasteiger partial charge is 0.328 e. The fourth-order valence-corrected chi connectivity index (χ4v) is 2.10. The Bertz CT molecular complexity index is 482. The maximum absolute atomic E-state index is 11.9. The van der Waals surface area contributed by atoms with Gasteiger partial charge in [0, 0.05) is 16.2 Å². The molecule has 0 saturated carbocycles. The van der Waals surface area contributed by atoms with Gasteiger partial charge < -0.3 is 9.30 Å². The highest BCUT2D eigenvalue weighted by atomic mass is 79.9. The number of unbranched alkanes of at least 4 members (excludes halogenated alkanes) is 1. The first-order valence-corrected chi connectivity index (χ1v) is 6.81. The van der Waals surface area contributed by atoms with Crippen LogP contribution in [-0.4, -0.2) is 17.1 Å². The predicted molar refractivity (Wildman–Crippen MR) is 73.7 cm³/mol. The molecular formula is C13H18BrNO3. The van der Waals surface area contributed by atoms with E-state index in [9.17, 15) is 9.59 Å². The predicted octanol–water partition coefficient (Wildman–Crippen LogP) is 2.82. The molecule has 0 aliphatic carbocycles. The Balaban J connectivity index is 2.87. The van der Waals surface area contributed by atoms with Crippen LogP contribution >= 0.6 is 15.9 Å². The Morgan fingerprint density at radius 1 is 1.56 bits per heavy atom. The Kier molecular flexibility index (Phi) is 5.59. The molecule has 1 rings (SSSR count). The number of ether oxygens (including phenoxy) is 1. The van der Waals surface area contributed by atoms with Gasteiger partial charge in [-0.2, -0.15) is 0 Å². The lowest BCUT2D eigenvalue weighted by Gasteiger charge is -2.15. The summed E-state index contributed by atoms with van der Waals surface area (Å²) in [7, 11) is 0. The van der Waals surface area contributed by atoms with Crippen molar-refractivity contribution >= 4 is 21.9 Å². The first-order chi connectivity index (χ1) is 8.47. The van der Waals surface area contributed by atoms with Crippen molar-refractivity contribution in [1.29, 1.82) is 0 Å². The van der Waals surface area contributed by atoms with Crippen LogP contribution in [-0.2, 0) is 9.53 Å². The maximum Gasteiger partial charge on any atom is 0.328 e. The number of aryl methyl sites for hydroxylation is 1. The van der Waals surface area contributed by atoms with Crippen molar-refractivity contribution in [3.05, 3.63) is 32.7 Å². The minimum Gasteiger partial charge on any atom is -0.464 e. The summed E-state index contributed by atoms with van der Waals surface area (Å²) in [5.41, 5.74) is 0.427. The van der Waals surface area contributed by atoms with E-state index >= 15 is 0 Å². The van der Waals surface area contributed by atoms with Crippen molar-refractivity contribution < 1.29 is 9.53 Å². The summed E-state index contributed by atoms with van der Waals surface area (Å²) in [6.45, 7) is 5.82. The second kappa shape index (κ2) is 6.73. The number of nitrogens with zero attached hydrogens (tertiary/aromatic N) is 1. The fraction of sp³-hybridized carbons (Fsp3) is 0.538. The van der Waals surface area contributed by atoms with Crippen LogP contribution in [0.3, 0.4) is 0 Å². The zero-order chi connectivity index (χ0) is 13.7. The number of rotatable bonds is 5. The Labute approximate surface area is 115 Å². The first-order valence-electron chi connectivity index (χ1n) is 6.02. The number of aromatic nitrogens is 1. The van der Waals surface area contributed by atoms with Gasteiger partial charge >= 0.3 is 5.97 Å². The van der Waals surface area contributed by atoms with Gasteiger partial charge in [0.05, 0.1) is 6.61 Å². The molecule has 5 heteroatoms. The third kappa shape index (κ3) is 3.70. The average molecular weight is 316 g/mol. The number of carbonyl (C=O) groups is 1. The van der Waals surface area contributed by atoms with Gasteiger partial charge in [0.15, 0.2) is 0 Å². The van der Waals surface area contributed by atoms with Crippen LogP contribution in [0.2, 0.25) is 0 Å². The fourth-order valence-electron chi connectivity index (χ4n) is 1.54. The van der Waals surface area contributed by atoms with E-state index in [1.54, 1.807) is 26.1 Å². The molecule has 0 aromatic carbocycles. The van der Waals surface area contributed by atoms with Crippen molar-refractivity contribution in [2.24, 2.45) is 0 Å². The third-order valence-electron chi connectivity index (χ3n) is 2.69. The number of hydrogen-bond acceptors (Lipinski definition) is 3. The number of esters is 1. The molecule has 0 spiro atoms. The molecule has 1 heterocycles. The van der Waals surface area contributed by atoms with Crippen LogP contribution < -0.4 is 5.56 Å². The Hall–Kier alpha value is -1.10. The van der Waals surface area contributed by atoms with E-state index in [2.05, 4.69) is 15.9 Å². The molecule has 1 unspecified atom stereocenters. The monoisotopic (exact) mass is 315 g/mol.